The van der Waals surface area contributed by atoms with Crippen LogP contribution >= 0.6 is 0 Å². The summed E-state index contributed by atoms with van der Waals surface area (Å²) in [6.07, 6.45) is 1.02. The number of amides is 1. The molecule has 1 aliphatic heterocycles. The predicted octanol–water partition coefficient (Wildman–Crippen LogP) is 3.34. The number of carbonyl (C=O) groups excluding carboxylic acids is 2. The summed E-state index contributed by atoms with van der Waals surface area (Å²) < 4.78 is 32.3. The molecule has 8 nitrogen and oxygen atoms in total. The molecule has 1 fully saturated rings. The number of ether oxygens (including phenoxy) is 1. The van der Waals surface area contributed by atoms with Crippen LogP contribution in [-0.4, -0.2) is 49.8 Å². The molecular formula is C22H29N3O5S. The molecule has 2 N–H and O–H groups in total. The van der Waals surface area contributed by atoms with Crippen molar-refractivity contribution in [2.75, 3.05) is 25.5 Å². The lowest BCUT2D eigenvalue weighted by atomic mass is 9.94. The fraction of sp³-hybridized carbons (Fsp3) is 0.455. The van der Waals surface area contributed by atoms with Gasteiger partial charge in [0.05, 0.1) is 17.6 Å². The van der Waals surface area contributed by atoms with Gasteiger partial charge < -0.3 is 15.0 Å². The van der Waals surface area contributed by atoms with Gasteiger partial charge in [-0.2, -0.15) is 4.31 Å². The summed E-state index contributed by atoms with van der Waals surface area (Å²) in [5, 5.41) is 2.74. The van der Waals surface area contributed by atoms with E-state index in [0.717, 1.165) is 6.42 Å². The molecule has 1 aromatic carbocycles. The molecule has 2 atom stereocenters. The third kappa shape index (κ3) is 4.67. The van der Waals surface area contributed by atoms with Crippen molar-refractivity contribution in [1.29, 1.82) is 0 Å². The Hall–Kier alpha value is -2.65. The zero-order valence-electron chi connectivity index (χ0n) is 18.5. The lowest BCUT2D eigenvalue weighted by Gasteiger charge is -2.34. The topological polar surface area (TPSA) is 109 Å². The Morgan fingerprint density at radius 3 is 2.23 bits per heavy atom. The number of hydrogen-bond acceptors (Lipinski definition) is 5. The van der Waals surface area contributed by atoms with E-state index in [-0.39, 0.29) is 10.6 Å². The zero-order chi connectivity index (χ0) is 22.9. The summed E-state index contributed by atoms with van der Waals surface area (Å²) in [4.78, 5) is 27.7. The number of rotatable bonds is 5. The lowest BCUT2D eigenvalue weighted by molar-refractivity contribution is 0.0599. The minimum Gasteiger partial charge on any atom is -0.465 e. The van der Waals surface area contributed by atoms with Gasteiger partial charge in [0.15, 0.2) is 0 Å². The maximum atomic E-state index is 13.0. The van der Waals surface area contributed by atoms with Crippen molar-refractivity contribution in [2.45, 2.75) is 39.0 Å². The first-order chi connectivity index (χ1) is 14.5. The Morgan fingerprint density at radius 2 is 1.68 bits per heavy atom. The molecular weight excluding hydrogens is 418 g/mol. The first kappa shape index (κ1) is 23.0. The smallest absolute Gasteiger partial charge is 0.339 e. The van der Waals surface area contributed by atoms with Crippen molar-refractivity contribution in [3.05, 3.63) is 46.8 Å². The molecule has 0 unspecified atom stereocenters. The molecule has 1 saturated heterocycles. The summed E-state index contributed by atoms with van der Waals surface area (Å²) in [6, 6.07) is 6.13. The summed E-state index contributed by atoms with van der Waals surface area (Å²) in [5.74, 6) is -0.301. The highest BCUT2D eigenvalue weighted by Gasteiger charge is 2.31. The SMILES string of the molecule is COC(=O)c1c(C)[nH]c(C(=O)Nc2ccc(S(=O)(=O)N3C[C@H](C)C[C@@H](C)C3)cc2)c1C. The summed E-state index contributed by atoms with van der Waals surface area (Å²) in [5.41, 5.74) is 2.08. The van der Waals surface area contributed by atoms with Crippen LogP contribution in [0.3, 0.4) is 0 Å². The van der Waals surface area contributed by atoms with Crippen LogP contribution in [0.2, 0.25) is 0 Å². The number of methoxy groups -OCH3 is 1. The van der Waals surface area contributed by atoms with E-state index in [1.54, 1.807) is 30.3 Å². The van der Waals surface area contributed by atoms with E-state index in [4.69, 9.17) is 4.74 Å². The monoisotopic (exact) mass is 447 g/mol. The fourth-order valence-corrected chi connectivity index (χ4v) is 5.92. The summed E-state index contributed by atoms with van der Waals surface area (Å²) >= 11 is 0. The number of benzene rings is 1. The van der Waals surface area contributed by atoms with E-state index in [0.29, 0.717) is 47.4 Å². The van der Waals surface area contributed by atoms with Crippen molar-refractivity contribution >= 4 is 27.6 Å². The Morgan fingerprint density at radius 1 is 1.10 bits per heavy atom. The largest absolute Gasteiger partial charge is 0.465 e. The van der Waals surface area contributed by atoms with Gasteiger partial charge >= 0.3 is 5.97 Å². The molecule has 9 heteroatoms. The van der Waals surface area contributed by atoms with Crippen LogP contribution in [0.1, 0.15) is 52.4 Å². The van der Waals surface area contributed by atoms with Crippen molar-refractivity contribution in [3.63, 3.8) is 0 Å². The Labute approximate surface area is 183 Å². The number of anilines is 1. The number of aromatic amines is 1. The summed E-state index contributed by atoms with van der Waals surface area (Å²) in [6.45, 7) is 8.51. The minimum absolute atomic E-state index is 0.201. The van der Waals surface area contributed by atoms with Gasteiger partial charge in [-0.15, -0.1) is 0 Å². The first-order valence-electron chi connectivity index (χ1n) is 10.2. The van der Waals surface area contributed by atoms with Crippen molar-refractivity contribution < 1.29 is 22.7 Å². The van der Waals surface area contributed by atoms with Crippen LogP contribution < -0.4 is 5.32 Å². The average Bonchev–Trinajstić information content (AvgIpc) is 3.01. The van der Waals surface area contributed by atoms with Gasteiger partial charge in [0.2, 0.25) is 10.0 Å². The maximum Gasteiger partial charge on any atom is 0.339 e. The fourth-order valence-electron chi connectivity index (χ4n) is 4.24. The lowest BCUT2D eigenvalue weighted by Crippen LogP contribution is -2.42. The molecule has 0 radical (unpaired) electrons. The first-order valence-corrected chi connectivity index (χ1v) is 11.7. The third-order valence-electron chi connectivity index (χ3n) is 5.64. The van der Waals surface area contributed by atoms with Gasteiger partial charge in [-0.1, -0.05) is 13.8 Å². The highest BCUT2D eigenvalue weighted by molar-refractivity contribution is 7.89. The van der Waals surface area contributed by atoms with E-state index in [1.165, 1.54) is 19.2 Å². The zero-order valence-corrected chi connectivity index (χ0v) is 19.3. The average molecular weight is 448 g/mol. The molecule has 0 aliphatic carbocycles. The van der Waals surface area contributed by atoms with Gasteiger partial charge in [-0.05, 0) is 61.9 Å². The highest BCUT2D eigenvalue weighted by atomic mass is 32.2. The van der Waals surface area contributed by atoms with Crippen LogP contribution in [0.5, 0.6) is 0 Å². The van der Waals surface area contributed by atoms with E-state index in [9.17, 15) is 18.0 Å². The highest BCUT2D eigenvalue weighted by Crippen LogP contribution is 2.27. The second-order valence-corrected chi connectivity index (χ2v) is 10.3. The molecule has 2 aromatic rings. The molecule has 1 aliphatic rings. The number of esters is 1. The molecule has 2 heterocycles. The molecule has 0 bridgehead atoms. The van der Waals surface area contributed by atoms with Gasteiger partial charge in [0, 0.05) is 24.5 Å². The van der Waals surface area contributed by atoms with Gasteiger partial charge in [-0.25, -0.2) is 13.2 Å². The van der Waals surface area contributed by atoms with Crippen LogP contribution in [0.25, 0.3) is 0 Å². The second kappa shape index (κ2) is 8.84. The Kier molecular flexibility index (Phi) is 6.56. The number of aromatic nitrogens is 1. The Balaban J connectivity index is 1.77. The molecule has 3 rings (SSSR count). The van der Waals surface area contributed by atoms with E-state index < -0.39 is 21.9 Å². The van der Waals surface area contributed by atoms with Crippen molar-refractivity contribution in [2.24, 2.45) is 11.8 Å². The van der Waals surface area contributed by atoms with Crippen LogP contribution in [-0.2, 0) is 14.8 Å². The number of nitrogens with zero attached hydrogens (tertiary/aromatic N) is 1. The second-order valence-electron chi connectivity index (χ2n) is 8.36. The number of piperidine rings is 1. The number of H-pyrrole nitrogens is 1. The minimum atomic E-state index is -3.58. The van der Waals surface area contributed by atoms with Crippen molar-refractivity contribution in [1.82, 2.24) is 9.29 Å². The van der Waals surface area contributed by atoms with Gasteiger partial charge in [-0.3, -0.25) is 4.79 Å². The predicted molar refractivity (Wildman–Crippen MR) is 118 cm³/mol. The molecule has 31 heavy (non-hydrogen) atoms. The number of sulfonamides is 1. The van der Waals surface area contributed by atoms with Crippen LogP contribution in [0.4, 0.5) is 5.69 Å². The van der Waals surface area contributed by atoms with Crippen LogP contribution in [0, 0.1) is 25.7 Å². The van der Waals surface area contributed by atoms with Gasteiger partial charge in [0.25, 0.3) is 5.91 Å². The Bertz CT molecular complexity index is 1080. The number of hydrogen-bond donors (Lipinski definition) is 2. The quantitative estimate of drug-likeness (QED) is 0.684. The normalized spacial score (nSPS) is 19.8. The van der Waals surface area contributed by atoms with E-state index in [1.807, 2.05) is 0 Å². The standard InChI is InChI=1S/C22H29N3O5S/c1-13-10-14(2)12-25(11-13)31(28,29)18-8-6-17(7-9-18)24-21(26)20-15(3)19(16(4)23-20)22(27)30-5/h6-9,13-14,23H,10-12H2,1-5H3,(H,24,26)/t13-,14-/m1/s1. The molecule has 0 spiro atoms. The maximum absolute atomic E-state index is 13.0. The van der Waals surface area contributed by atoms with Crippen molar-refractivity contribution in [3.8, 4) is 0 Å². The number of nitrogens with one attached hydrogen (secondary N) is 2. The number of carbonyl (C=O) groups is 2. The van der Waals surface area contributed by atoms with Gasteiger partial charge in [0.1, 0.15) is 5.69 Å². The summed E-state index contributed by atoms with van der Waals surface area (Å²) in [7, 11) is -2.30. The molecule has 0 saturated carbocycles. The third-order valence-corrected chi connectivity index (χ3v) is 7.49. The molecule has 168 valence electrons. The molecule has 1 amide bonds. The van der Waals surface area contributed by atoms with E-state index in [2.05, 4.69) is 24.1 Å². The molecule has 1 aromatic heterocycles. The van der Waals surface area contributed by atoms with Crippen LogP contribution in [0.15, 0.2) is 29.2 Å². The number of aryl methyl sites for hydroxylation is 1. The van der Waals surface area contributed by atoms with E-state index >= 15 is 0 Å².